The van der Waals surface area contributed by atoms with Crippen molar-refractivity contribution < 1.29 is 18.0 Å². The van der Waals surface area contributed by atoms with Gasteiger partial charge in [-0.25, -0.2) is 8.42 Å². The summed E-state index contributed by atoms with van der Waals surface area (Å²) < 4.78 is 25.3. The third-order valence-corrected chi connectivity index (χ3v) is 5.08. The standard InChI is InChI=1S/C18H19ClN2O4S/c1-12-7-8-15(19)10-17(12)20-18(23)11-21(26(3,24)25)16-6-4-5-14(9-16)13(2)22/h4-10H,11H2,1-3H3,(H,20,23). The van der Waals surface area contributed by atoms with Crippen LogP contribution >= 0.6 is 11.6 Å². The molecule has 2 aromatic carbocycles. The van der Waals surface area contributed by atoms with Gasteiger partial charge in [0.25, 0.3) is 0 Å². The maximum atomic E-state index is 12.4. The van der Waals surface area contributed by atoms with Gasteiger partial charge in [-0.3, -0.25) is 13.9 Å². The zero-order chi connectivity index (χ0) is 19.5. The van der Waals surface area contributed by atoms with E-state index in [0.717, 1.165) is 16.1 Å². The summed E-state index contributed by atoms with van der Waals surface area (Å²) in [6, 6.07) is 11.2. The Balaban J connectivity index is 2.29. The number of Topliss-reactive ketones (excluding diaryl/α,β-unsaturated/α-hetero) is 1. The lowest BCUT2D eigenvalue weighted by molar-refractivity contribution is -0.114. The van der Waals surface area contributed by atoms with E-state index in [4.69, 9.17) is 11.6 Å². The second kappa shape index (κ2) is 7.88. The molecule has 0 saturated heterocycles. The molecule has 0 atom stereocenters. The summed E-state index contributed by atoms with van der Waals surface area (Å²) in [7, 11) is -3.73. The van der Waals surface area contributed by atoms with Crippen LogP contribution in [0.1, 0.15) is 22.8 Å². The molecule has 0 fully saturated rings. The van der Waals surface area contributed by atoms with Crippen LogP contribution in [0.4, 0.5) is 11.4 Å². The van der Waals surface area contributed by atoms with Crippen molar-refractivity contribution in [3.05, 3.63) is 58.6 Å². The van der Waals surface area contributed by atoms with Gasteiger partial charge in [0.2, 0.25) is 15.9 Å². The van der Waals surface area contributed by atoms with Crippen molar-refractivity contribution in [3.63, 3.8) is 0 Å². The Kier molecular flexibility index (Phi) is 6.05. The van der Waals surface area contributed by atoms with Gasteiger partial charge in [-0.1, -0.05) is 29.8 Å². The Labute approximate surface area is 157 Å². The molecule has 6 nitrogen and oxygen atoms in total. The van der Waals surface area contributed by atoms with Crippen LogP contribution in [0.3, 0.4) is 0 Å². The highest BCUT2D eigenvalue weighted by atomic mass is 35.5. The third-order valence-electron chi connectivity index (χ3n) is 3.70. The predicted molar refractivity (Wildman–Crippen MR) is 103 cm³/mol. The van der Waals surface area contributed by atoms with Gasteiger partial charge in [0.1, 0.15) is 6.54 Å². The van der Waals surface area contributed by atoms with Crippen molar-refractivity contribution in [2.24, 2.45) is 0 Å². The van der Waals surface area contributed by atoms with Crippen LogP contribution in [0.25, 0.3) is 0 Å². The van der Waals surface area contributed by atoms with Gasteiger partial charge >= 0.3 is 0 Å². The number of nitrogens with zero attached hydrogens (tertiary/aromatic N) is 1. The van der Waals surface area contributed by atoms with Gasteiger partial charge < -0.3 is 5.32 Å². The number of halogens is 1. The quantitative estimate of drug-likeness (QED) is 0.762. The first kappa shape index (κ1) is 19.9. The number of sulfonamides is 1. The summed E-state index contributed by atoms with van der Waals surface area (Å²) in [5.74, 6) is -0.715. The summed E-state index contributed by atoms with van der Waals surface area (Å²) >= 11 is 5.93. The number of aryl methyl sites for hydroxylation is 1. The van der Waals surface area contributed by atoms with Crippen molar-refractivity contribution in [3.8, 4) is 0 Å². The largest absolute Gasteiger partial charge is 0.324 e. The Morgan fingerprint density at radius 1 is 1.15 bits per heavy atom. The molecule has 2 rings (SSSR count). The highest BCUT2D eigenvalue weighted by Crippen LogP contribution is 2.22. The molecule has 0 aliphatic carbocycles. The lowest BCUT2D eigenvalue weighted by atomic mass is 10.1. The second-order valence-electron chi connectivity index (χ2n) is 5.88. The number of ketones is 1. The van der Waals surface area contributed by atoms with E-state index in [1.54, 1.807) is 37.3 Å². The molecule has 0 unspecified atom stereocenters. The van der Waals surface area contributed by atoms with E-state index < -0.39 is 22.5 Å². The van der Waals surface area contributed by atoms with Gasteiger partial charge in [0.05, 0.1) is 11.9 Å². The number of benzene rings is 2. The fraction of sp³-hybridized carbons (Fsp3) is 0.222. The summed E-state index contributed by atoms with van der Waals surface area (Å²) in [4.78, 5) is 23.9. The van der Waals surface area contributed by atoms with Crippen molar-refractivity contribution in [1.82, 2.24) is 0 Å². The fourth-order valence-corrected chi connectivity index (χ4v) is 3.35. The van der Waals surface area contributed by atoms with Crippen molar-refractivity contribution >= 4 is 44.7 Å². The normalized spacial score (nSPS) is 11.1. The van der Waals surface area contributed by atoms with E-state index in [2.05, 4.69) is 5.32 Å². The predicted octanol–water partition coefficient (Wildman–Crippen LogP) is 3.26. The number of carbonyl (C=O) groups excluding carboxylic acids is 2. The Morgan fingerprint density at radius 2 is 1.85 bits per heavy atom. The number of anilines is 2. The van der Waals surface area contributed by atoms with E-state index >= 15 is 0 Å². The third kappa shape index (κ3) is 5.06. The van der Waals surface area contributed by atoms with Crippen LogP contribution in [0, 0.1) is 6.92 Å². The second-order valence-corrected chi connectivity index (χ2v) is 8.23. The van der Waals surface area contributed by atoms with Gasteiger partial charge in [-0.15, -0.1) is 0 Å². The highest BCUT2D eigenvalue weighted by molar-refractivity contribution is 7.92. The van der Waals surface area contributed by atoms with E-state index in [1.807, 2.05) is 0 Å². The molecule has 2 aromatic rings. The number of amides is 1. The molecular formula is C18H19ClN2O4S. The van der Waals surface area contributed by atoms with Gasteiger partial charge in [-0.05, 0) is 43.7 Å². The van der Waals surface area contributed by atoms with Crippen LogP contribution in [0.2, 0.25) is 5.02 Å². The Hall–Kier alpha value is -2.38. The van der Waals surface area contributed by atoms with E-state index in [-0.39, 0.29) is 11.5 Å². The monoisotopic (exact) mass is 394 g/mol. The molecule has 0 saturated carbocycles. The van der Waals surface area contributed by atoms with Crippen LogP contribution in [-0.4, -0.2) is 32.9 Å². The lowest BCUT2D eigenvalue weighted by Gasteiger charge is -2.22. The van der Waals surface area contributed by atoms with Crippen LogP contribution in [0.5, 0.6) is 0 Å². The minimum atomic E-state index is -3.73. The molecule has 1 amide bonds. The summed E-state index contributed by atoms with van der Waals surface area (Å²) in [6.45, 7) is 2.77. The molecule has 0 aliphatic rings. The van der Waals surface area contributed by atoms with E-state index in [9.17, 15) is 18.0 Å². The first-order valence-electron chi connectivity index (χ1n) is 7.72. The van der Waals surface area contributed by atoms with Crippen molar-refractivity contribution in [1.29, 1.82) is 0 Å². The summed E-state index contributed by atoms with van der Waals surface area (Å²) in [5.41, 5.74) is 1.92. The number of carbonyl (C=O) groups is 2. The molecule has 138 valence electrons. The number of hydrogen-bond acceptors (Lipinski definition) is 4. The molecule has 0 heterocycles. The van der Waals surface area contributed by atoms with E-state index in [0.29, 0.717) is 16.3 Å². The van der Waals surface area contributed by atoms with Crippen LogP contribution < -0.4 is 9.62 Å². The average Bonchev–Trinajstić information content (AvgIpc) is 2.55. The minimum Gasteiger partial charge on any atom is -0.324 e. The van der Waals surface area contributed by atoms with Gasteiger partial charge in [0, 0.05) is 16.3 Å². The van der Waals surface area contributed by atoms with Crippen LogP contribution in [-0.2, 0) is 14.8 Å². The smallest absolute Gasteiger partial charge is 0.245 e. The Bertz CT molecular complexity index is 957. The fourth-order valence-electron chi connectivity index (χ4n) is 2.33. The van der Waals surface area contributed by atoms with Gasteiger partial charge in [-0.2, -0.15) is 0 Å². The zero-order valence-electron chi connectivity index (χ0n) is 14.6. The molecule has 26 heavy (non-hydrogen) atoms. The first-order chi connectivity index (χ1) is 12.1. The zero-order valence-corrected chi connectivity index (χ0v) is 16.2. The Morgan fingerprint density at radius 3 is 2.46 bits per heavy atom. The molecule has 0 spiro atoms. The lowest BCUT2D eigenvalue weighted by Crippen LogP contribution is -2.37. The molecule has 0 bridgehead atoms. The molecule has 1 N–H and O–H groups in total. The van der Waals surface area contributed by atoms with E-state index in [1.165, 1.54) is 19.1 Å². The van der Waals surface area contributed by atoms with Crippen molar-refractivity contribution in [2.45, 2.75) is 13.8 Å². The molecular weight excluding hydrogens is 376 g/mol. The molecule has 8 heteroatoms. The average molecular weight is 395 g/mol. The summed E-state index contributed by atoms with van der Waals surface area (Å²) in [5, 5.41) is 3.12. The maximum Gasteiger partial charge on any atom is 0.245 e. The maximum absolute atomic E-state index is 12.4. The first-order valence-corrected chi connectivity index (χ1v) is 9.95. The SMILES string of the molecule is CC(=O)c1cccc(N(CC(=O)Nc2cc(Cl)ccc2C)S(C)(=O)=O)c1. The van der Waals surface area contributed by atoms with Gasteiger partial charge in [0.15, 0.2) is 5.78 Å². The number of hydrogen-bond donors (Lipinski definition) is 1. The number of nitrogens with one attached hydrogen (secondary N) is 1. The molecule has 0 radical (unpaired) electrons. The van der Waals surface area contributed by atoms with Crippen molar-refractivity contribution in [2.75, 3.05) is 22.4 Å². The summed E-state index contributed by atoms with van der Waals surface area (Å²) in [6.07, 6.45) is 1.01. The van der Waals surface area contributed by atoms with Crippen LogP contribution in [0.15, 0.2) is 42.5 Å². The topological polar surface area (TPSA) is 83.6 Å². The molecule has 0 aromatic heterocycles. The highest BCUT2D eigenvalue weighted by Gasteiger charge is 2.22. The molecule has 0 aliphatic heterocycles. The minimum absolute atomic E-state index is 0.195. The number of rotatable bonds is 6.